The van der Waals surface area contributed by atoms with Crippen LogP contribution in [0.3, 0.4) is 0 Å². The maximum absolute atomic E-state index is 11.5. The van der Waals surface area contributed by atoms with Crippen molar-refractivity contribution in [3.8, 4) is 0 Å². The molecule has 2 N–H and O–H groups in total. The Balaban J connectivity index is 2.30. The molecule has 106 valence electrons. The van der Waals surface area contributed by atoms with E-state index < -0.39 is 0 Å². The highest BCUT2D eigenvalue weighted by molar-refractivity contribution is 5.75. The smallest absolute Gasteiger partial charge is 0.223 e. The van der Waals surface area contributed by atoms with Gasteiger partial charge in [0.05, 0.1) is 0 Å². The minimum Gasteiger partial charge on any atom is -0.349 e. The Hall–Kier alpha value is -0.650. The molecule has 5 heteroatoms. The van der Waals surface area contributed by atoms with Gasteiger partial charge in [-0.2, -0.15) is 0 Å². The van der Waals surface area contributed by atoms with Crippen LogP contribution in [0.25, 0.3) is 0 Å². The first-order chi connectivity index (χ1) is 8.36. The summed E-state index contributed by atoms with van der Waals surface area (Å²) in [6.45, 7) is 10.1. The van der Waals surface area contributed by atoms with E-state index in [1.807, 2.05) is 14.1 Å². The highest BCUT2D eigenvalue weighted by Crippen LogP contribution is 2.15. The summed E-state index contributed by atoms with van der Waals surface area (Å²) in [5, 5.41) is 0. The summed E-state index contributed by atoms with van der Waals surface area (Å²) in [6.07, 6.45) is 0.618. The predicted octanol–water partition coefficient (Wildman–Crippen LogP) is -0.180. The molecule has 0 aromatic rings. The van der Waals surface area contributed by atoms with Gasteiger partial charge in [-0.25, -0.2) is 0 Å². The zero-order valence-electron chi connectivity index (χ0n) is 12.3. The van der Waals surface area contributed by atoms with Gasteiger partial charge in [-0.15, -0.1) is 0 Å². The molecule has 1 aliphatic heterocycles. The molecule has 1 amide bonds. The number of hydrogen-bond acceptors (Lipinski definition) is 4. The first kappa shape index (κ1) is 15.4. The molecule has 0 atom stereocenters. The Kier molecular flexibility index (Phi) is 5.56. The molecule has 0 aromatic carbocycles. The van der Waals surface area contributed by atoms with E-state index in [1.54, 1.807) is 4.90 Å². The maximum Gasteiger partial charge on any atom is 0.223 e. The molecule has 5 nitrogen and oxygen atoms in total. The van der Waals surface area contributed by atoms with Crippen LogP contribution in [0.15, 0.2) is 0 Å². The first-order valence-electron chi connectivity index (χ1n) is 6.74. The number of carbonyl (C=O) groups is 1. The summed E-state index contributed by atoms with van der Waals surface area (Å²) in [5.41, 5.74) is 5.89. The van der Waals surface area contributed by atoms with Crippen LogP contribution in [-0.2, 0) is 4.79 Å². The van der Waals surface area contributed by atoms with Gasteiger partial charge < -0.3 is 15.5 Å². The Morgan fingerprint density at radius 3 is 2.22 bits per heavy atom. The van der Waals surface area contributed by atoms with Crippen molar-refractivity contribution in [1.29, 1.82) is 0 Å². The monoisotopic (exact) mass is 256 g/mol. The molecule has 0 spiro atoms. The van der Waals surface area contributed by atoms with Crippen molar-refractivity contribution >= 4 is 5.91 Å². The molecular weight excluding hydrogens is 228 g/mol. The highest BCUT2D eigenvalue weighted by atomic mass is 16.2. The average molecular weight is 256 g/mol. The lowest BCUT2D eigenvalue weighted by atomic mass is 10.0. The van der Waals surface area contributed by atoms with Gasteiger partial charge in [-0.1, -0.05) is 0 Å². The molecule has 1 rings (SSSR count). The topological polar surface area (TPSA) is 52.8 Å². The van der Waals surface area contributed by atoms with Crippen molar-refractivity contribution in [3.63, 3.8) is 0 Å². The number of piperazine rings is 1. The Bertz CT molecular complexity index is 270. The molecule has 0 aromatic heterocycles. The van der Waals surface area contributed by atoms with E-state index in [1.165, 1.54) is 0 Å². The van der Waals surface area contributed by atoms with Gasteiger partial charge in [0.2, 0.25) is 5.91 Å². The van der Waals surface area contributed by atoms with Gasteiger partial charge in [0.25, 0.3) is 0 Å². The molecule has 18 heavy (non-hydrogen) atoms. The second kappa shape index (κ2) is 6.50. The fraction of sp³-hybridized carbons (Fsp3) is 0.923. The lowest BCUT2D eigenvalue weighted by Crippen LogP contribution is -2.57. The number of amides is 1. The highest BCUT2D eigenvalue weighted by Gasteiger charge is 2.28. The molecule has 0 radical (unpaired) electrons. The average Bonchev–Trinajstić information content (AvgIpc) is 2.36. The largest absolute Gasteiger partial charge is 0.349 e. The van der Waals surface area contributed by atoms with Crippen LogP contribution in [-0.4, -0.2) is 79.5 Å². The van der Waals surface area contributed by atoms with Crippen molar-refractivity contribution in [2.45, 2.75) is 25.8 Å². The maximum atomic E-state index is 11.5. The Morgan fingerprint density at radius 1 is 1.22 bits per heavy atom. The van der Waals surface area contributed by atoms with Gasteiger partial charge in [-0.05, 0) is 13.8 Å². The minimum absolute atomic E-state index is 0.0888. The molecule has 1 heterocycles. The fourth-order valence-corrected chi connectivity index (χ4v) is 2.18. The second-order valence-corrected chi connectivity index (χ2v) is 5.88. The zero-order valence-corrected chi connectivity index (χ0v) is 12.3. The van der Waals surface area contributed by atoms with Crippen LogP contribution < -0.4 is 5.73 Å². The minimum atomic E-state index is 0.0888. The second-order valence-electron chi connectivity index (χ2n) is 5.88. The third-order valence-electron chi connectivity index (χ3n) is 3.87. The standard InChI is InChI=1S/C13H28N4O/c1-13(2,11-14)17-9-7-16(8-10-17)6-5-12(18)15(3)4/h5-11,14H2,1-4H3. The molecular formula is C13H28N4O. The summed E-state index contributed by atoms with van der Waals surface area (Å²) >= 11 is 0. The van der Waals surface area contributed by atoms with E-state index in [0.717, 1.165) is 32.7 Å². The molecule has 1 saturated heterocycles. The molecule has 0 bridgehead atoms. The number of rotatable bonds is 5. The van der Waals surface area contributed by atoms with Crippen LogP contribution in [0.5, 0.6) is 0 Å². The van der Waals surface area contributed by atoms with E-state index in [-0.39, 0.29) is 11.4 Å². The van der Waals surface area contributed by atoms with Gasteiger partial charge in [0, 0.05) is 65.3 Å². The van der Waals surface area contributed by atoms with Crippen molar-refractivity contribution < 1.29 is 4.79 Å². The molecule has 0 saturated carbocycles. The molecule has 0 unspecified atom stereocenters. The SMILES string of the molecule is CN(C)C(=O)CCN1CCN(C(C)(C)CN)CC1. The normalized spacial score (nSPS) is 18.9. The fourth-order valence-electron chi connectivity index (χ4n) is 2.18. The van der Waals surface area contributed by atoms with Crippen molar-refractivity contribution in [2.24, 2.45) is 5.73 Å². The van der Waals surface area contributed by atoms with Crippen LogP contribution in [0, 0.1) is 0 Å². The third kappa shape index (κ3) is 4.23. The Labute approximate surface area is 111 Å². The van der Waals surface area contributed by atoms with Crippen molar-refractivity contribution in [2.75, 3.05) is 53.4 Å². The molecule has 1 aliphatic rings. The van der Waals surface area contributed by atoms with E-state index in [4.69, 9.17) is 5.73 Å². The van der Waals surface area contributed by atoms with E-state index in [2.05, 4.69) is 23.6 Å². The molecule has 0 aliphatic carbocycles. The number of hydrogen-bond donors (Lipinski definition) is 1. The van der Waals surface area contributed by atoms with E-state index in [0.29, 0.717) is 13.0 Å². The van der Waals surface area contributed by atoms with Gasteiger partial charge in [0.1, 0.15) is 0 Å². The van der Waals surface area contributed by atoms with Crippen LogP contribution in [0.1, 0.15) is 20.3 Å². The van der Waals surface area contributed by atoms with Crippen molar-refractivity contribution in [3.05, 3.63) is 0 Å². The number of nitrogens with zero attached hydrogens (tertiary/aromatic N) is 3. The first-order valence-corrected chi connectivity index (χ1v) is 6.74. The van der Waals surface area contributed by atoms with Gasteiger partial charge in [0.15, 0.2) is 0 Å². The van der Waals surface area contributed by atoms with Crippen LogP contribution in [0.4, 0.5) is 0 Å². The summed E-state index contributed by atoms with van der Waals surface area (Å²) in [4.78, 5) is 18.0. The van der Waals surface area contributed by atoms with Crippen molar-refractivity contribution in [1.82, 2.24) is 14.7 Å². The lowest BCUT2D eigenvalue weighted by molar-refractivity contribution is -0.129. The predicted molar refractivity (Wildman–Crippen MR) is 74.5 cm³/mol. The summed E-state index contributed by atoms with van der Waals surface area (Å²) in [7, 11) is 3.62. The zero-order chi connectivity index (χ0) is 13.8. The lowest BCUT2D eigenvalue weighted by Gasteiger charge is -2.43. The number of nitrogens with two attached hydrogens (primary N) is 1. The van der Waals surface area contributed by atoms with Gasteiger partial charge in [-0.3, -0.25) is 9.69 Å². The van der Waals surface area contributed by atoms with Gasteiger partial charge >= 0.3 is 0 Å². The quantitative estimate of drug-likeness (QED) is 0.741. The number of carbonyl (C=O) groups excluding carboxylic acids is 1. The summed E-state index contributed by atoms with van der Waals surface area (Å²) in [5.74, 6) is 0.208. The van der Waals surface area contributed by atoms with Crippen LogP contribution in [0.2, 0.25) is 0 Å². The van der Waals surface area contributed by atoms with E-state index >= 15 is 0 Å². The summed E-state index contributed by atoms with van der Waals surface area (Å²) < 4.78 is 0. The van der Waals surface area contributed by atoms with E-state index in [9.17, 15) is 4.79 Å². The third-order valence-corrected chi connectivity index (χ3v) is 3.87. The summed E-state index contributed by atoms with van der Waals surface area (Å²) in [6, 6.07) is 0. The molecule has 1 fully saturated rings. The van der Waals surface area contributed by atoms with Crippen LogP contribution >= 0.6 is 0 Å². The Morgan fingerprint density at radius 2 is 1.78 bits per heavy atom.